The van der Waals surface area contributed by atoms with Crippen molar-refractivity contribution in [1.82, 2.24) is 0 Å². The van der Waals surface area contributed by atoms with Crippen molar-refractivity contribution in [2.75, 3.05) is 0 Å². The first-order valence-electron chi connectivity index (χ1n) is 4.78. The Hall–Kier alpha value is -1.15. The topological polar surface area (TPSA) is 17.1 Å². The second-order valence-electron chi connectivity index (χ2n) is 4.36. The van der Waals surface area contributed by atoms with Gasteiger partial charge in [-0.1, -0.05) is 56.0 Å². The van der Waals surface area contributed by atoms with Crippen molar-refractivity contribution in [3.8, 4) is 0 Å². The third kappa shape index (κ3) is 3.30. The highest BCUT2D eigenvalue weighted by Gasteiger charge is 2.20. The minimum Gasteiger partial charge on any atom is -0.301 e. The van der Waals surface area contributed by atoms with Crippen LogP contribution < -0.4 is 0 Å². The Morgan fingerprint density at radius 1 is 1.14 bits per heavy atom. The molecule has 74 valence electrons. The molecule has 0 aliphatic carbocycles. The molecule has 1 nitrogen and oxygen atoms in total. The minimum atomic E-state index is -1.64. The predicted octanol–water partition coefficient (Wildman–Crippen LogP) is 3.15. The van der Waals surface area contributed by atoms with Crippen molar-refractivity contribution in [2.45, 2.75) is 19.6 Å². The second kappa shape index (κ2) is 4.38. The lowest BCUT2D eigenvalue weighted by molar-refractivity contribution is -0.108. The molecule has 1 aromatic carbocycles. The molecule has 0 heterocycles. The van der Waals surface area contributed by atoms with Gasteiger partial charge < -0.3 is 4.79 Å². The highest BCUT2D eigenvalue weighted by molar-refractivity contribution is 7.05. The summed E-state index contributed by atoms with van der Waals surface area (Å²) in [5, 5.41) is 0.293. The summed E-state index contributed by atoms with van der Waals surface area (Å²) >= 11 is 0. The van der Waals surface area contributed by atoms with Crippen LogP contribution in [0.4, 0.5) is 0 Å². The minimum absolute atomic E-state index is 0.293. The largest absolute Gasteiger partial charge is 0.301 e. The van der Waals surface area contributed by atoms with Crippen LogP contribution in [0.2, 0.25) is 19.6 Å². The molecule has 1 aromatic rings. The van der Waals surface area contributed by atoms with E-state index in [2.05, 4.69) is 19.6 Å². The van der Waals surface area contributed by atoms with Crippen molar-refractivity contribution in [3.05, 3.63) is 42.0 Å². The van der Waals surface area contributed by atoms with Gasteiger partial charge in [0, 0.05) is 0 Å². The molecule has 2 heteroatoms. The lowest BCUT2D eigenvalue weighted by Gasteiger charge is -2.09. The van der Waals surface area contributed by atoms with E-state index in [1.165, 1.54) is 0 Å². The first-order chi connectivity index (χ1) is 6.50. The smallest absolute Gasteiger partial charge is 0.132 e. The molecule has 0 radical (unpaired) electrons. The van der Waals surface area contributed by atoms with Crippen LogP contribution in [-0.4, -0.2) is 13.5 Å². The Labute approximate surface area is 86.5 Å². The molecule has 0 spiro atoms. The molecule has 0 aliphatic rings. The molecule has 14 heavy (non-hydrogen) atoms. The van der Waals surface area contributed by atoms with Gasteiger partial charge in [-0.15, -0.1) is 0 Å². The standard InChI is InChI=1S/C12H16OSi/c1-14(2,3)12(13)10-9-11-7-5-4-6-8-11/h4-10H,1-3H3/b10-9+. The van der Waals surface area contributed by atoms with Gasteiger partial charge in [-0.25, -0.2) is 0 Å². The number of allylic oxidation sites excluding steroid dienone is 1. The van der Waals surface area contributed by atoms with Gasteiger partial charge in [-0.05, 0) is 11.6 Å². The highest BCUT2D eigenvalue weighted by atomic mass is 28.3. The molecule has 1 rings (SSSR count). The number of benzene rings is 1. The fourth-order valence-electron chi connectivity index (χ4n) is 0.986. The molecule has 0 aromatic heterocycles. The summed E-state index contributed by atoms with van der Waals surface area (Å²) in [6.45, 7) is 6.18. The maximum Gasteiger partial charge on any atom is 0.132 e. The number of hydrogen-bond acceptors (Lipinski definition) is 1. The molecule has 0 unspecified atom stereocenters. The van der Waals surface area contributed by atoms with Gasteiger partial charge in [-0.3, -0.25) is 0 Å². The SMILES string of the molecule is C[Si](C)(C)C(=O)/C=C/c1ccccc1. The first kappa shape index (κ1) is 10.9. The number of hydrogen-bond donors (Lipinski definition) is 0. The van der Waals surface area contributed by atoms with Crippen LogP contribution in [0.25, 0.3) is 6.08 Å². The quantitative estimate of drug-likeness (QED) is 0.546. The van der Waals surface area contributed by atoms with E-state index in [0.29, 0.717) is 5.41 Å². The average molecular weight is 204 g/mol. The van der Waals surface area contributed by atoms with Crippen LogP contribution in [0, 0.1) is 0 Å². The molecule has 0 fully saturated rings. The van der Waals surface area contributed by atoms with E-state index in [4.69, 9.17) is 0 Å². The lowest BCUT2D eigenvalue weighted by atomic mass is 10.2. The van der Waals surface area contributed by atoms with Crippen molar-refractivity contribution < 1.29 is 4.79 Å². The van der Waals surface area contributed by atoms with Gasteiger partial charge in [0.25, 0.3) is 0 Å². The number of carbonyl (C=O) groups is 1. The van der Waals surface area contributed by atoms with Crippen LogP contribution >= 0.6 is 0 Å². The summed E-state index contributed by atoms with van der Waals surface area (Å²) in [5.74, 6) is 0. The normalized spacial score (nSPS) is 11.9. The first-order valence-corrected chi connectivity index (χ1v) is 8.28. The zero-order valence-corrected chi connectivity index (χ0v) is 9.95. The third-order valence-electron chi connectivity index (χ3n) is 1.97. The highest BCUT2D eigenvalue weighted by Crippen LogP contribution is 2.06. The van der Waals surface area contributed by atoms with Gasteiger partial charge in [0.05, 0.1) is 0 Å². The van der Waals surface area contributed by atoms with Gasteiger partial charge in [0.1, 0.15) is 13.5 Å². The van der Waals surface area contributed by atoms with Crippen LogP contribution in [0.15, 0.2) is 36.4 Å². The Morgan fingerprint density at radius 3 is 2.21 bits per heavy atom. The summed E-state index contributed by atoms with van der Waals surface area (Å²) in [6, 6.07) is 9.90. The van der Waals surface area contributed by atoms with Crippen LogP contribution in [0.5, 0.6) is 0 Å². The Morgan fingerprint density at radius 2 is 1.71 bits per heavy atom. The van der Waals surface area contributed by atoms with E-state index in [9.17, 15) is 4.79 Å². The van der Waals surface area contributed by atoms with Crippen molar-refractivity contribution in [2.24, 2.45) is 0 Å². The fraction of sp³-hybridized carbons (Fsp3) is 0.250. The molecule has 0 saturated carbocycles. The van der Waals surface area contributed by atoms with Crippen molar-refractivity contribution in [3.63, 3.8) is 0 Å². The second-order valence-corrected chi connectivity index (χ2v) is 9.35. The molecule has 0 bridgehead atoms. The van der Waals surface area contributed by atoms with E-state index >= 15 is 0 Å². The van der Waals surface area contributed by atoms with Crippen molar-refractivity contribution >= 4 is 19.6 Å². The van der Waals surface area contributed by atoms with E-state index < -0.39 is 8.07 Å². The number of carbonyl (C=O) groups excluding carboxylic acids is 1. The Balaban J connectivity index is 2.71. The van der Waals surface area contributed by atoms with E-state index in [1.807, 2.05) is 36.4 Å². The zero-order valence-electron chi connectivity index (χ0n) is 8.95. The monoisotopic (exact) mass is 204 g/mol. The number of rotatable bonds is 3. The van der Waals surface area contributed by atoms with Gasteiger partial charge in [-0.2, -0.15) is 0 Å². The molecule has 0 saturated heterocycles. The van der Waals surface area contributed by atoms with Crippen LogP contribution in [-0.2, 0) is 4.79 Å². The van der Waals surface area contributed by atoms with Gasteiger partial charge in [0.2, 0.25) is 0 Å². The third-order valence-corrected chi connectivity index (χ3v) is 3.61. The van der Waals surface area contributed by atoms with Gasteiger partial charge >= 0.3 is 0 Å². The van der Waals surface area contributed by atoms with Crippen molar-refractivity contribution in [1.29, 1.82) is 0 Å². The fourth-order valence-corrected chi connectivity index (χ4v) is 1.57. The zero-order chi connectivity index (χ0) is 10.6. The molecule has 0 N–H and O–H groups in total. The summed E-state index contributed by atoms with van der Waals surface area (Å²) in [6.07, 6.45) is 3.60. The molecular weight excluding hydrogens is 188 g/mol. The summed E-state index contributed by atoms with van der Waals surface area (Å²) in [5.41, 5.74) is 1.08. The van der Waals surface area contributed by atoms with E-state index in [0.717, 1.165) is 5.56 Å². The Bertz CT molecular complexity index is 333. The molecule has 0 amide bonds. The lowest BCUT2D eigenvalue weighted by Crippen LogP contribution is -2.31. The molecule has 0 atom stereocenters. The summed E-state index contributed by atoms with van der Waals surface area (Å²) in [4.78, 5) is 11.6. The van der Waals surface area contributed by atoms with E-state index in [1.54, 1.807) is 6.08 Å². The summed E-state index contributed by atoms with van der Waals surface area (Å²) in [7, 11) is -1.64. The van der Waals surface area contributed by atoms with E-state index in [-0.39, 0.29) is 0 Å². The van der Waals surface area contributed by atoms with Crippen LogP contribution in [0.1, 0.15) is 5.56 Å². The maximum atomic E-state index is 11.6. The van der Waals surface area contributed by atoms with Crippen LogP contribution in [0.3, 0.4) is 0 Å². The maximum absolute atomic E-state index is 11.6. The molecular formula is C12H16OSi. The predicted molar refractivity (Wildman–Crippen MR) is 63.8 cm³/mol. The van der Waals surface area contributed by atoms with Gasteiger partial charge in [0.15, 0.2) is 0 Å². The molecule has 0 aliphatic heterocycles. The average Bonchev–Trinajstić information content (AvgIpc) is 2.14. The summed E-state index contributed by atoms with van der Waals surface area (Å²) < 4.78 is 0. The Kier molecular flexibility index (Phi) is 3.41.